The molecule has 2 aromatic heterocycles. The van der Waals surface area contributed by atoms with Gasteiger partial charge in [0.25, 0.3) is 0 Å². The molecule has 30 heavy (non-hydrogen) atoms. The highest BCUT2D eigenvalue weighted by Gasteiger charge is 2.40. The second-order valence-corrected chi connectivity index (χ2v) is 8.47. The molecule has 0 aliphatic heterocycles. The maximum atomic E-state index is 13.0. The third-order valence-electron chi connectivity index (χ3n) is 5.46. The van der Waals surface area contributed by atoms with Crippen LogP contribution in [0.5, 0.6) is 0 Å². The summed E-state index contributed by atoms with van der Waals surface area (Å²) in [5.41, 5.74) is 2.32. The number of amides is 1. The molecule has 0 radical (unpaired) electrons. The van der Waals surface area contributed by atoms with E-state index in [2.05, 4.69) is 15.2 Å². The van der Waals surface area contributed by atoms with Crippen LogP contribution in [0.25, 0.3) is 22.1 Å². The summed E-state index contributed by atoms with van der Waals surface area (Å²) in [5.74, 6) is -0.570. The van der Waals surface area contributed by atoms with Crippen molar-refractivity contribution in [2.24, 2.45) is 5.92 Å². The van der Waals surface area contributed by atoms with E-state index in [4.69, 9.17) is 0 Å². The molecule has 3 aromatic rings. The van der Waals surface area contributed by atoms with Crippen LogP contribution < -0.4 is 0 Å². The summed E-state index contributed by atoms with van der Waals surface area (Å²) < 4.78 is 41.0. The fraction of sp³-hybridized carbons (Fsp3) is 0.500. The Labute approximate surface area is 175 Å². The van der Waals surface area contributed by atoms with Gasteiger partial charge < -0.3 is 9.47 Å². The summed E-state index contributed by atoms with van der Waals surface area (Å²) in [4.78, 5) is 18.1. The summed E-state index contributed by atoms with van der Waals surface area (Å²) in [6, 6.07) is 7.35. The molecule has 0 bridgehead atoms. The van der Waals surface area contributed by atoms with Crippen LogP contribution in [0.3, 0.4) is 0 Å². The van der Waals surface area contributed by atoms with Gasteiger partial charge in [-0.25, -0.2) is 4.98 Å². The van der Waals surface area contributed by atoms with E-state index in [1.807, 2.05) is 35.8 Å². The number of aryl methyl sites for hydroxylation is 1. The molecule has 0 spiro atoms. The number of carbonyl (C=O) groups excluding carboxylic acids is 1. The Morgan fingerprint density at radius 2 is 2.03 bits per heavy atom. The first kappa shape index (κ1) is 20.9. The fourth-order valence-corrected chi connectivity index (χ4v) is 4.43. The minimum Gasteiger partial charge on any atom is -0.330 e. The number of aromatic nitrogens is 4. The van der Waals surface area contributed by atoms with E-state index in [0.717, 1.165) is 40.4 Å². The molecular weight excluding hydrogens is 415 g/mol. The topological polar surface area (TPSA) is 63.9 Å². The van der Waals surface area contributed by atoms with Gasteiger partial charge in [-0.15, -0.1) is 10.2 Å². The van der Waals surface area contributed by atoms with Gasteiger partial charge in [0.05, 0.1) is 11.3 Å². The SMILES string of the molecule is CCn1c2ccccc2c2nnc(SCC(=O)N(CC(F)(F)F)C(C)C3CC3)nc21. The number of halogens is 3. The molecule has 1 unspecified atom stereocenters. The van der Waals surface area contributed by atoms with Crippen molar-refractivity contribution in [2.75, 3.05) is 12.3 Å². The van der Waals surface area contributed by atoms with Crippen molar-refractivity contribution in [1.29, 1.82) is 0 Å². The lowest BCUT2D eigenvalue weighted by Gasteiger charge is -2.30. The molecule has 1 atom stereocenters. The largest absolute Gasteiger partial charge is 0.406 e. The van der Waals surface area contributed by atoms with E-state index in [9.17, 15) is 18.0 Å². The fourth-order valence-electron chi connectivity index (χ4n) is 3.77. The number of benzene rings is 1. The van der Waals surface area contributed by atoms with Crippen molar-refractivity contribution >= 4 is 39.7 Å². The van der Waals surface area contributed by atoms with Crippen molar-refractivity contribution in [3.8, 4) is 0 Å². The summed E-state index contributed by atoms with van der Waals surface area (Å²) in [6.07, 6.45) is -2.70. The maximum absolute atomic E-state index is 13.0. The van der Waals surface area contributed by atoms with E-state index < -0.39 is 24.7 Å². The van der Waals surface area contributed by atoms with E-state index >= 15 is 0 Å². The van der Waals surface area contributed by atoms with Crippen LogP contribution in [0.4, 0.5) is 13.2 Å². The minimum atomic E-state index is -4.43. The third-order valence-corrected chi connectivity index (χ3v) is 6.28. The standard InChI is InChI=1S/C20H22F3N5OS/c1-3-27-15-7-5-4-6-14(15)17-18(27)24-19(26-25-17)30-10-16(29)28(11-20(21,22)23)12(2)13-8-9-13/h4-7,12-13H,3,8-11H2,1-2H3. The predicted molar refractivity (Wildman–Crippen MR) is 109 cm³/mol. The van der Waals surface area contributed by atoms with Crippen molar-refractivity contribution in [1.82, 2.24) is 24.6 Å². The highest BCUT2D eigenvalue weighted by atomic mass is 32.2. The zero-order valence-corrected chi connectivity index (χ0v) is 17.5. The van der Waals surface area contributed by atoms with Crippen LogP contribution in [0, 0.1) is 5.92 Å². The Bertz CT molecular complexity index is 1080. The van der Waals surface area contributed by atoms with Gasteiger partial charge in [-0.05, 0) is 38.7 Å². The minimum absolute atomic E-state index is 0.149. The molecule has 4 rings (SSSR count). The number of para-hydroxylation sites is 1. The number of carbonyl (C=O) groups is 1. The van der Waals surface area contributed by atoms with E-state index in [0.29, 0.717) is 17.7 Å². The molecule has 1 fully saturated rings. The van der Waals surface area contributed by atoms with E-state index in [1.54, 1.807) is 6.92 Å². The monoisotopic (exact) mass is 437 g/mol. The zero-order valence-electron chi connectivity index (χ0n) is 16.7. The predicted octanol–water partition coefficient (Wildman–Crippen LogP) is 4.28. The number of thioether (sulfide) groups is 1. The van der Waals surface area contributed by atoms with Gasteiger partial charge in [0.1, 0.15) is 12.1 Å². The molecule has 160 valence electrons. The number of nitrogens with zero attached hydrogens (tertiary/aromatic N) is 5. The Morgan fingerprint density at radius 3 is 2.70 bits per heavy atom. The average Bonchev–Trinajstić information content (AvgIpc) is 3.51. The van der Waals surface area contributed by atoms with Crippen LogP contribution in [0.2, 0.25) is 0 Å². The van der Waals surface area contributed by atoms with Gasteiger partial charge in [-0.3, -0.25) is 4.79 Å². The van der Waals surface area contributed by atoms with Gasteiger partial charge in [0.15, 0.2) is 5.65 Å². The van der Waals surface area contributed by atoms with Gasteiger partial charge >= 0.3 is 6.18 Å². The highest BCUT2D eigenvalue weighted by Crippen LogP contribution is 2.36. The lowest BCUT2D eigenvalue weighted by Crippen LogP contribution is -2.46. The second-order valence-electron chi connectivity index (χ2n) is 7.53. The van der Waals surface area contributed by atoms with Gasteiger partial charge in [0.2, 0.25) is 11.1 Å². The molecule has 0 saturated heterocycles. The van der Waals surface area contributed by atoms with Crippen molar-refractivity contribution in [2.45, 2.75) is 50.6 Å². The summed E-state index contributed by atoms with van der Waals surface area (Å²) in [7, 11) is 0. The first-order valence-electron chi connectivity index (χ1n) is 9.89. The molecule has 1 amide bonds. The Morgan fingerprint density at radius 1 is 1.30 bits per heavy atom. The molecule has 2 heterocycles. The number of hydrogen-bond acceptors (Lipinski definition) is 5. The third kappa shape index (κ3) is 4.23. The molecule has 1 aromatic carbocycles. The number of rotatable bonds is 7. The van der Waals surface area contributed by atoms with Crippen LogP contribution in [0.1, 0.15) is 26.7 Å². The molecule has 10 heteroatoms. The Kier molecular flexibility index (Phi) is 5.61. The summed E-state index contributed by atoms with van der Waals surface area (Å²) in [6.45, 7) is 3.14. The number of alkyl halides is 3. The summed E-state index contributed by atoms with van der Waals surface area (Å²) >= 11 is 1.02. The van der Waals surface area contributed by atoms with Crippen molar-refractivity contribution in [3.63, 3.8) is 0 Å². The lowest BCUT2D eigenvalue weighted by atomic mass is 10.2. The molecule has 1 saturated carbocycles. The first-order chi connectivity index (χ1) is 14.3. The number of fused-ring (bicyclic) bond motifs is 3. The van der Waals surface area contributed by atoms with Crippen LogP contribution in [-0.4, -0.2) is 55.1 Å². The smallest absolute Gasteiger partial charge is 0.330 e. The quantitative estimate of drug-likeness (QED) is 0.516. The molecule has 1 aliphatic rings. The van der Waals surface area contributed by atoms with Crippen molar-refractivity contribution in [3.05, 3.63) is 24.3 Å². The molecule has 1 aliphatic carbocycles. The maximum Gasteiger partial charge on any atom is 0.406 e. The second kappa shape index (κ2) is 8.05. The zero-order chi connectivity index (χ0) is 21.5. The highest BCUT2D eigenvalue weighted by molar-refractivity contribution is 7.99. The first-order valence-corrected chi connectivity index (χ1v) is 10.9. The summed E-state index contributed by atoms with van der Waals surface area (Å²) in [5, 5.41) is 9.59. The average molecular weight is 437 g/mol. The van der Waals surface area contributed by atoms with Gasteiger partial charge in [0, 0.05) is 18.0 Å². The lowest BCUT2D eigenvalue weighted by molar-refractivity contribution is -0.164. The molecule has 0 N–H and O–H groups in total. The Hall–Kier alpha value is -2.36. The van der Waals surface area contributed by atoms with Crippen molar-refractivity contribution < 1.29 is 18.0 Å². The van der Waals surface area contributed by atoms with Crippen LogP contribution in [0.15, 0.2) is 29.4 Å². The van der Waals surface area contributed by atoms with E-state index in [1.165, 1.54) is 0 Å². The molecular formula is C20H22F3N5OS. The molecule has 6 nitrogen and oxygen atoms in total. The van der Waals surface area contributed by atoms with Gasteiger partial charge in [-0.2, -0.15) is 13.2 Å². The van der Waals surface area contributed by atoms with Gasteiger partial charge in [-0.1, -0.05) is 30.0 Å². The normalized spacial score (nSPS) is 15.6. The Balaban J connectivity index is 1.54. The van der Waals surface area contributed by atoms with Crippen LogP contribution >= 0.6 is 11.8 Å². The van der Waals surface area contributed by atoms with Crippen LogP contribution in [-0.2, 0) is 11.3 Å². The van der Waals surface area contributed by atoms with E-state index in [-0.39, 0.29) is 16.8 Å². The number of hydrogen-bond donors (Lipinski definition) is 0.